The van der Waals surface area contributed by atoms with Crippen molar-refractivity contribution in [3.63, 3.8) is 0 Å². The summed E-state index contributed by atoms with van der Waals surface area (Å²) < 4.78 is 21.1. The van der Waals surface area contributed by atoms with E-state index in [1.807, 2.05) is 0 Å². The Kier molecular flexibility index (Phi) is 0.743. The zero-order valence-electron chi connectivity index (χ0n) is 7.38. The van der Waals surface area contributed by atoms with E-state index in [1.54, 1.807) is 0 Å². The molecule has 1 aromatic rings. The Hall–Kier alpha value is -1.38. The third-order valence-corrected chi connectivity index (χ3v) is 0.744. The van der Waals surface area contributed by atoms with Gasteiger partial charge in [0, 0.05) is 12.3 Å². The van der Waals surface area contributed by atoms with Crippen LogP contribution in [0.4, 0.5) is 0 Å². The van der Waals surface area contributed by atoms with Crippen molar-refractivity contribution in [1.29, 1.82) is 0 Å². The van der Waals surface area contributed by atoms with E-state index in [1.165, 1.54) is 0 Å². The van der Waals surface area contributed by atoms with Crippen LogP contribution in [0.5, 0.6) is 0 Å². The van der Waals surface area contributed by atoms with E-state index in [0.29, 0.717) is 0 Å². The normalized spacial score (nSPS) is 13.6. The first kappa shape index (κ1) is 2.96. The molecule has 0 aliphatic carbocycles. The van der Waals surface area contributed by atoms with Gasteiger partial charge in [-0.3, -0.25) is 4.98 Å². The molecule has 0 fully saturated rings. The molecule has 0 atom stereocenters. The Labute approximate surface area is 56.2 Å². The number of aromatic nitrogens is 1. The van der Waals surface area contributed by atoms with Crippen molar-refractivity contribution in [3.05, 3.63) is 30.0 Å². The quantitative estimate of drug-likeness (QED) is 0.604. The maximum absolute atomic E-state index is 10.4. The number of carboxylic acids is 1. The van der Waals surface area contributed by atoms with Crippen LogP contribution in [0.15, 0.2) is 24.5 Å². The van der Waals surface area contributed by atoms with E-state index in [9.17, 15) is 4.79 Å². The molecule has 1 rings (SSSR count). The van der Waals surface area contributed by atoms with Crippen LogP contribution in [-0.4, -0.2) is 16.1 Å². The summed E-state index contributed by atoms with van der Waals surface area (Å²) in [6.07, 6.45) is -0.867. The van der Waals surface area contributed by atoms with E-state index in [-0.39, 0.29) is 17.8 Å². The van der Waals surface area contributed by atoms with E-state index in [2.05, 4.69) is 4.98 Å². The molecule has 0 saturated carbocycles. The number of nitrogens with zero attached hydrogens (tertiary/aromatic N) is 1. The van der Waals surface area contributed by atoms with Gasteiger partial charge < -0.3 is 5.11 Å². The highest BCUT2D eigenvalue weighted by Gasteiger charge is 1.97. The standard InChI is InChI=1S/C6H5NO2/c8-6(9)5-2-1-3-7-4-5/h1-4H,(H,8,9)/i1D,3D,4D. The Morgan fingerprint density at radius 2 is 2.67 bits per heavy atom. The lowest BCUT2D eigenvalue weighted by molar-refractivity contribution is 0.0696. The lowest BCUT2D eigenvalue weighted by Crippen LogP contribution is -1.94. The van der Waals surface area contributed by atoms with Crippen LogP contribution in [-0.2, 0) is 0 Å². The molecule has 1 heterocycles. The molecule has 0 bridgehead atoms. The van der Waals surface area contributed by atoms with Gasteiger partial charge in [0.15, 0.2) is 0 Å². The van der Waals surface area contributed by atoms with Gasteiger partial charge in [-0.05, 0) is 12.1 Å². The Balaban J connectivity index is 3.33. The van der Waals surface area contributed by atoms with Crippen molar-refractivity contribution in [2.75, 3.05) is 0 Å². The molecule has 3 nitrogen and oxygen atoms in total. The van der Waals surface area contributed by atoms with Crippen molar-refractivity contribution in [2.24, 2.45) is 0 Å². The summed E-state index contributed by atoms with van der Waals surface area (Å²) >= 11 is 0. The third-order valence-electron chi connectivity index (χ3n) is 0.744. The van der Waals surface area contributed by atoms with Gasteiger partial charge in [0.05, 0.1) is 9.68 Å². The fraction of sp³-hybridized carbons (Fsp3) is 0. The van der Waals surface area contributed by atoms with Crippen molar-refractivity contribution >= 4 is 5.97 Å². The largest absolute Gasteiger partial charge is 0.478 e. The van der Waals surface area contributed by atoms with Crippen LogP contribution in [0, 0.1) is 0 Å². The van der Waals surface area contributed by atoms with Gasteiger partial charge in [-0.25, -0.2) is 4.79 Å². The first-order valence-corrected chi connectivity index (χ1v) is 2.20. The van der Waals surface area contributed by atoms with Gasteiger partial charge in [-0.2, -0.15) is 0 Å². The summed E-state index contributed by atoms with van der Waals surface area (Å²) in [5, 5.41) is 8.48. The maximum atomic E-state index is 10.4. The molecule has 0 aromatic carbocycles. The number of hydrogen-bond donors (Lipinski definition) is 1. The molecule has 9 heavy (non-hydrogen) atoms. The second-order valence-electron chi connectivity index (χ2n) is 1.34. The van der Waals surface area contributed by atoms with E-state index in [0.717, 1.165) is 6.07 Å². The van der Waals surface area contributed by atoms with Gasteiger partial charge in [0.25, 0.3) is 0 Å². The zero-order chi connectivity index (χ0) is 9.30. The molecular weight excluding hydrogens is 118 g/mol. The number of carboxylic acid groups (broad SMARTS) is 1. The van der Waals surface area contributed by atoms with Gasteiger partial charge in [0.1, 0.15) is 0 Å². The zero-order valence-corrected chi connectivity index (χ0v) is 4.38. The van der Waals surface area contributed by atoms with Crippen molar-refractivity contribution in [2.45, 2.75) is 0 Å². The Morgan fingerprint density at radius 1 is 1.89 bits per heavy atom. The average molecular weight is 126 g/mol. The molecule has 1 N–H and O–H groups in total. The molecule has 0 aliphatic heterocycles. The monoisotopic (exact) mass is 126 g/mol. The summed E-state index contributed by atoms with van der Waals surface area (Å²) in [6, 6.07) is 0.656. The average Bonchev–Trinajstić information content (AvgIpc) is 1.96. The van der Waals surface area contributed by atoms with Crippen molar-refractivity contribution < 1.29 is 14.0 Å². The minimum atomic E-state index is -1.30. The maximum Gasteiger partial charge on any atom is 0.337 e. The van der Waals surface area contributed by atoms with Crippen molar-refractivity contribution in [1.82, 2.24) is 4.98 Å². The second-order valence-corrected chi connectivity index (χ2v) is 1.34. The fourth-order valence-corrected chi connectivity index (χ4v) is 0.367. The lowest BCUT2D eigenvalue weighted by Gasteiger charge is -1.87. The van der Waals surface area contributed by atoms with E-state index < -0.39 is 12.1 Å². The number of carbonyl (C=O) groups is 1. The molecule has 0 spiro atoms. The number of hydrogen-bond acceptors (Lipinski definition) is 2. The smallest absolute Gasteiger partial charge is 0.337 e. The lowest BCUT2D eigenvalue weighted by atomic mass is 10.3. The molecule has 0 radical (unpaired) electrons. The summed E-state index contributed by atoms with van der Waals surface area (Å²) in [5.74, 6) is -1.30. The molecule has 0 amide bonds. The van der Waals surface area contributed by atoms with Crippen LogP contribution >= 0.6 is 0 Å². The first-order valence-electron chi connectivity index (χ1n) is 3.70. The number of pyridine rings is 1. The molecule has 0 unspecified atom stereocenters. The van der Waals surface area contributed by atoms with E-state index >= 15 is 0 Å². The highest BCUT2D eigenvalue weighted by molar-refractivity contribution is 5.86. The van der Waals surface area contributed by atoms with Crippen LogP contribution in [0.25, 0.3) is 0 Å². The number of aromatic carboxylic acids is 1. The third kappa shape index (κ3) is 1.25. The van der Waals surface area contributed by atoms with Crippen LogP contribution < -0.4 is 0 Å². The van der Waals surface area contributed by atoms with Crippen LogP contribution in [0.1, 0.15) is 14.5 Å². The minimum absolute atomic E-state index is 0.289. The fourth-order valence-electron chi connectivity index (χ4n) is 0.367. The first-order chi connectivity index (χ1) is 5.52. The molecule has 46 valence electrons. The molecule has 0 aliphatic rings. The SMILES string of the molecule is [2H]c1cc(C(=O)O)c([2H])nc1[2H]. The van der Waals surface area contributed by atoms with Crippen molar-refractivity contribution in [3.8, 4) is 0 Å². The summed E-state index contributed by atoms with van der Waals surface area (Å²) in [7, 11) is 0. The summed E-state index contributed by atoms with van der Waals surface area (Å²) in [5.41, 5.74) is -0.351. The van der Waals surface area contributed by atoms with Crippen LogP contribution in [0.3, 0.4) is 0 Å². The highest BCUT2D eigenvalue weighted by atomic mass is 16.4. The molecule has 1 aromatic heterocycles. The highest BCUT2D eigenvalue weighted by Crippen LogP contribution is 1.92. The van der Waals surface area contributed by atoms with Crippen LogP contribution in [0.2, 0.25) is 0 Å². The Bertz CT molecular complexity index is 340. The second kappa shape index (κ2) is 2.26. The summed E-state index contributed by atoms with van der Waals surface area (Å²) in [6.45, 7) is 0. The predicted molar refractivity (Wildman–Crippen MR) is 31.2 cm³/mol. The van der Waals surface area contributed by atoms with Gasteiger partial charge >= 0.3 is 5.97 Å². The molecular formula is C6H5NO2. The number of rotatable bonds is 1. The summed E-state index contributed by atoms with van der Waals surface area (Å²) in [4.78, 5) is 13.6. The van der Waals surface area contributed by atoms with Gasteiger partial charge in [0.2, 0.25) is 0 Å². The minimum Gasteiger partial charge on any atom is -0.478 e. The van der Waals surface area contributed by atoms with Gasteiger partial charge in [-0.15, -0.1) is 0 Å². The molecule has 3 heteroatoms. The van der Waals surface area contributed by atoms with E-state index in [4.69, 9.17) is 9.22 Å². The molecule has 0 saturated heterocycles. The predicted octanol–water partition coefficient (Wildman–Crippen LogP) is 0.780. The van der Waals surface area contributed by atoms with Gasteiger partial charge in [-0.1, -0.05) is 0 Å². The Morgan fingerprint density at radius 3 is 3.33 bits per heavy atom. The topological polar surface area (TPSA) is 50.2 Å².